The zero-order valence-electron chi connectivity index (χ0n) is 11.6. The molecule has 0 aromatic heterocycles. The second kappa shape index (κ2) is 5.37. The number of carbonyl (C=O) groups excluding carboxylic acids is 1. The van der Waals surface area contributed by atoms with E-state index in [1.54, 1.807) is 0 Å². The molecule has 2 amide bonds. The van der Waals surface area contributed by atoms with E-state index in [9.17, 15) is 4.79 Å². The van der Waals surface area contributed by atoms with Crippen molar-refractivity contribution in [2.24, 2.45) is 0 Å². The number of carbonyl (C=O) groups is 1. The minimum atomic E-state index is -0.0172. The maximum atomic E-state index is 12.3. The van der Waals surface area contributed by atoms with Crippen LogP contribution in [0.5, 0.6) is 0 Å². The highest BCUT2D eigenvalue weighted by Gasteiger charge is 2.24. The topological polar surface area (TPSA) is 32.3 Å². The zero-order chi connectivity index (χ0) is 13.9. The fourth-order valence-corrected chi connectivity index (χ4v) is 2.61. The van der Waals surface area contributed by atoms with Crippen molar-refractivity contribution in [1.82, 2.24) is 5.32 Å². The van der Waals surface area contributed by atoms with Gasteiger partial charge in [0.2, 0.25) is 0 Å². The number of anilines is 1. The van der Waals surface area contributed by atoms with E-state index in [0.29, 0.717) is 6.54 Å². The third kappa shape index (κ3) is 2.52. The van der Waals surface area contributed by atoms with Crippen molar-refractivity contribution in [3.8, 4) is 0 Å². The van der Waals surface area contributed by atoms with Gasteiger partial charge in [0.05, 0.1) is 0 Å². The number of nitrogens with zero attached hydrogens (tertiary/aromatic N) is 1. The number of rotatable bonds is 2. The Labute approximate surface area is 119 Å². The van der Waals surface area contributed by atoms with E-state index in [1.807, 2.05) is 41.3 Å². The molecular formula is C17H18N2O. The Kier molecular flexibility index (Phi) is 3.42. The molecule has 0 aliphatic carbocycles. The molecule has 1 aliphatic rings. The molecule has 0 fully saturated rings. The van der Waals surface area contributed by atoms with E-state index in [-0.39, 0.29) is 6.03 Å². The first-order chi connectivity index (χ1) is 9.74. The van der Waals surface area contributed by atoms with Gasteiger partial charge in [-0.25, -0.2) is 4.79 Å². The van der Waals surface area contributed by atoms with Crippen molar-refractivity contribution < 1.29 is 4.79 Å². The summed E-state index contributed by atoms with van der Waals surface area (Å²) in [5.41, 5.74) is 4.67. The molecule has 0 atom stereocenters. The third-order valence-corrected chi connectivity index (χ3v) is 3.66. The van der Waals surface area contributed by atoms with Crippen molar-refractivity contribution in [1.29, 1.82) is 0 Å². The van der Waals surface area contributed by atoms with Crippen LogP contribution in [0.2, 0.25) is 0 Å². The number of benzene rings is 2. The third-order valence-electron chi connectivity index (χ3n) is 3.66. The summed E-state index contributed by atoms with van der Waals surface area (Å²) in [6.07, 6.45) is 0.940. The molecule has 3 nitrogen and oxygen atoms in total. The monoisotopic (exact) mass is 266 g/mol. The minimum Gasteiger partial charge on any atom is -0.334 e. The van der Waals surface area contributed by atoms with Crippen molar-refractivity contribution in [3.05, 3.63) is 65.2 Å². The molecule has 20 heavy (non-hydrogen) atoms. The van der Waals surface area contributed by atoms with Crippen LogP contribution in [0.3, 0.4) is 0 Å². The lowest BCUT2D eigenvalue weighted by Gasteiger charge is -2.18. The quantitative estimate of drug-likeness (QED) is 0.889. The van der Waals surface area contributed by atoms with Crippen LogP contribution in [0, 0.1) is 6.92 Å². The number of urea groups is 1. The van der Waals surface area contributed by atoms with Gasteiger partial charge in [-0.3, -0.25) is 4.90 Å². The molecule has 0 radical (unpaired) electrons. The molecule has 0 saturated carbocycles. The molecule has 1 N–H and O–H groups in total. The molecule has 3 rings (SSSR count). The fourth-order valence-electron chi connectivity index (χ4n) is 2.61. The van der Waals surface area contributed by atoms with Gasteiger partial charge in [-0.2, -0.15) is 0 Å². The van der Waals surface area contributed by atoms with Crippen molar-refractivity contribution in [2.75, 3.05) is 11.4 Å². The second-order valence-corrected chi connectivity index (χ2v) is 5.18. The summed E-state index contributed by atoms with van der Waals surface area (Å²) in [5.74, 6) is 0. The lowest BCUT2D eigenvalue weighted by Crippen LogP contribution is -2.38. The zero-order valence-corrected chi connectivity index (χ0v) is 11.6. The van der Waals surface area contributed by atoms with Gasteiger partial charge in [0.15, 0.2) is 0 Å². The first-order valence-corrected chi connectivity index (χ1v) is 6.93. The molecule has 2 aromatic carbocycles. The second-order valence-electron chi connectivity index (χ2n) is 5.18. The minimum absolute atomic E-state index is 0.0172. The van der Waals surface area contributed by atoms with Crippen LogP contribution in [-0.2, 0) is 13.0 Å². The largest absolute Gasteiger partial charge is 0.334 e. The van der Waals surface area contributed by atoms with Crippen LogP contribution >= 0.6 is 0 Å². The summed E-state index contributed by atoms with van der Waals surface area (Å²) in [5, 5.41) is 2.98. The van der Waals surface area contributed by atoms with Gasteiger partial charge < -0.3 is 5.32 Å². The van der Waals surface area contributed by atoms with Crippen molar-refractivity contribution in [3.63, 3.8) is 0 Å². The normalized spacial score (nSPS) is 13.2. The van der Waals surface area contributed by atoms with Crippen molar-refractivity contribution in [2.45, 2.75) is 19.9 Å². The van der Waals surface area contributed by atoms with Crippen LogP contribution in [0.25, 0.3) is 0 Å². The van der Waals surface area contributed by atoms with Crippen LogP contribution in [0.4, 0.5) is 10.5 Å². The first kappa shape index (κ1) is 12.7. The first-order valence-electron chi connectivity index (χ1n) is 6.93. The van der Waals surface area contributed by atoms with Gasteiger partial charge in [-0.05, 0) is 30.5 Å². The standard InChI is InChI=1S/C17H18N2O/c1-13-7-8-16-15(11-13)9-10-19(16)17(20)18-12-14-5-3-2-4-6-14/h2-8,11H,9-10,12H2,1H3,(H,18,20). The van der Waals surface area contributed by atoms with E-state index in [2.05, 4.69) is 24.4 Å². The summed E-state index contributed by atoms with van der Waals surface area (Å²) < 4.78 is 0. The number of aryl methyl sites for hydroxylation is 1. The van der Waals surface area contributed by atoms with E-state index in [0.717, 1.165) is 24.2 Å². The molecule has 1 aliphatic heterocycles. The van der Waals surface area contributed by atoms with E-state index in [4.69, 9.17) is 0 Å². The average molecular weight is 266 g/mol. The van der Waals surface area contributed by atoms with Crippen LogP contribution in [0.15, 0.2) is 48.5 Å². The van der Waals surface area contributed by atoms with Crippen LogP contribution < -0.4 is 10.2 Å². The molecule has 0 bridgehead atoms. The Hall–Kier alpha value is -2.29. The molecule has 102 valence electrons. The molecule has 3 heteroatoms. The molecular weight excluding hydrogens is 248 g/mol. The molecule has 0 saturated heterocycles. The van der Waals surface area contributed by atoms with Crippen LogP contribution in [-0.4, -0.2) is 12.6 Å². The summed E-state index contributed by atoms with van der Waals surface area (Å²) in [6.45, 7) is 3.41. The predicted molar refractivity (Wildman–Crippen MR) is 80.9 cm³/mol. The van der Waals surface area contributed by atoms with E-state index < -0.39 is 0 Å². The Morgan fingerprint density at radius 3 is 2.80 bits per heavy atom. The van der Waals surface area contributed by atoms with Gasteiger partial charge in [0.1, 0.15) is 0 Å². The Bertz CT molecular complexity index is 622. The smallest absolute Gasteiger partial charge is 0.322 e. The van der Waals surface area contributed by atoms with Crippen molar-refractivity contribution >= 4 is 11.7 Å². The van der Waals surface area contributed by atoms with E-state index in [1.165, 1.54) is 11.1 Å². The average Bonchev–Trinajstić information content (AvgIpc) is 2.89. The van der Waals surface area contributed by atoms with Gasteiger partial charge in [0, 0.05) is 18.8 Å². The van der Waals surface area contributed by atoms with Crippen LogP contribution in [0.1, 0.15) is 16.7 Å². The fraction of sp³-hybridized carbons (Fsp3) is 0.235. The predicted octanol–water partition coefficient (Wildman–Crippen LogP) is 3.27. The highest BCUT2D eigenvalue weighted by Crippen LogP contribution is 2.28. The maximum Gasteiger partial charge on any atom is 0.322 e. The van der Waals surface area contributed by atoms with E-state index >= 15 is 0 Å². The SMILES string of the molecule is Cc1ccc2c(c1)CCN2C(=O)NCc1ccccc1. The van der Waals surface area contributed by atoms with Gasteiger partial charge >= 0.3 is 6.03 Å². The summed E-state index contributed by atoms with van der Waals surface area (Å²) >= 11 is 0. The number of fused-ring (bicyclic) bond motifs is 1. The number of nitrogens with one attached hydrogen (secondary N) is 1. The number of hydrogen-bond acceptors (Lipinski definition) is 1. The van der Waals surface area contributed by atoms with Gasteiger partial charge in [-0.1, -0.05) is 48.0 Å². The summed E-state index contributed by atoms with van der Waals surface area (Å²) in [6, 6.07) is 16.2. The van der Waals surface area contributed by atoms with Gasteiger partial charge in [0.25, 0.3) is 0 Å². The summed E-state index contributed by atoms with van der Waals surface area (Å²) in [7, 11) is 0. The Morgan fingerprint density at radius 2 is 2.00 bits per heavy atom. The molecule has 0 spiro atoms. The number of hydrogen-bond donors (Lipinski definition) is 1. The lowest BCUT2D eigenvalue weighted by atomic mass is 10.1. The Balaban J connectivity index is 1.68. The highest BCUT2D eigenvalue weighted by atomic mass is 16.2. The molecule has 0 unspecified atom stereocenters. The highest BCUT2D eigenvalue weighted by molar-refractivity contribution is 5.94. The molecule has 2 aromatic rings. The van der Waals surface area contributed by atoms with Gasteiger partial charge in [-0.15, -0.1) is 0 Å². The lowest BCUT2D eigenvalue weighted by molar-refractivity contribution is 0.246. The molecule has 1 heterocycles. The number of amides is 2. The summed E-state index contributed by atoms with van der Waals surface area (Å²) in [4.78, 5) is 14.1. The Morgan fingerprint density at radius 1 is 1.20 bits per heavy atom. The maximum absolute atomic E-state index is 12.3.